The maximum atomic E-state index is 12.4. The van der Waals surface area contributed by atoms with Crippen LogP contribution in [0, 0.1) is 0 Å². The molecule has 21 heavy (non-hydrogen) atoms. The van der Waals surface area contributed by atoms with Gasteiger partial charge in [-0.25, -0.2) is 9.97 Å². The third kappa shape index (κ3) is 4.27. The fraction of sp³-hybridized carbons (Fsp3) is 0.312. The summed E-state index contributed by atoms with van der Waals surface area (Å²) in [6.07, 6.45) is 1.41. The Labute approximate surface area is 125 Å². The molecular weight excluding hydrogens is 264 g/mol. The molecule has 0 saturated heterocycles. The van der Waals surface area contributed by atoms with Gasteiger partial charge in [-0.15, -0.1) is 0 Å². The minimum Gasteiger partial charge on any atom is -0.368 e. The number of anilines is 1. The molecule has 0 unspecified atom stereocenters. The van der Waals surface area contributed by atoms with Crippen molar-refractivity contribution >= 4 is 11.7 Å². The monoisotopic (exact) mass is 284 g/mol. The standard InChI is InChI=1S/C16H20N4O/c1-12(2)19-15-9-14(17-11-18-15)16(21)20(3)10-13-7-5-4-6-8-13/h4-9,11-12H,10H2,1-3H3,(H,17,18,19). The molecule has 0 fully saturated rings. The maximum Gasteiger partial charge on any atom is 0.272 e. The fourth-order valence-electron chi connectivity index (χ4n) is 1.97. The highest BCUT2D eigenvalue weighted by Gasteiger charge is 2.14. The highest BCUT2D eigenvalue weighted by atomic mass is 16.2. The van der Waals surface area contributed by atoms with E-state index in [0.29, 0.717) is 18.1 Å². The van der Waals surface area contributed by atoms with Gasteiger partial charge < -0.3 is 10.2 Å². The lowest BCUT2D eigenvalue weighted by Gasteiger charge is -2.17. The molecule has 2 aromatic rings. The van der Waals surface area contributed by atoms with Crippen LogP contribution in [0.4, 0.5) is 5.82 Å². The van der Waals surface area contributed by atoms with E-state index in [0.717, 1.165) is 5.56 Å². The largest absolute Gasteiger partial charge is 0.368 e. The molecule has 0 radical (unpaired) electrons. The van der Waals surface area contributed by atoms with Crippen molar-refractivity contribution < 1.29 is 4.79 Å². The van der Waals surface area contributed by atoms with Crippen LogP contribution in [-0.2, 0) is 6.54 Å². The van der Waals surface area contributed by atoms with E-state index in [9.17, 15) is 4.79 Å². The lowest BCUT2D eigenvalue weighted by atomic mass is 10.2. The van der Waals surface area contributed by atoms with Crippen LogP contribution in [0.3, 0.4) is 0 Å². The van der Waals surface area contributed by atoms with E-state index in [1.807, 2.05) is 44.2 Å². The van der Waals surface area contributed by atoms with Crippen LogP contribution >= 0.6 is 0 Å². The van der Waals surface area contributed by atoms with Crippen molar-refractivity contribution in [1.82, 2.24) is 14.9 Å². The van der Waals surface area contributed by atoms with Crippen LogP contribution in [0.2, 0.25) is 0 Å². The predicted molar refractivity (Wildman–Crippen MR) is 83.0 cm³/mol. The summed E-state index contributed by atoms with van der Waals surface area (Å²) < 4.78 is 0. The van der Waals surface area contributed by atoms with E-state index in [1.165, 1.54) is 6.33 Å². The fourth-order valence-corrected chi connectivity index (χ4v) is 1.97. The number of amides is 1. The van der Waals surface area contributed by atoms with Crippen LogP contribution in [0.1, 0.15) is 29.9 Å². The minimum atomic E-state index is -0.118. The van der Waals surface area contributed by atoms with E-state index < -0.39 is 0 Å². The third-order valence-corrected chi connectivity index (χ3v) is 2.93. The number of carbonyl (C=O) groups is 1. The van der Waals surface area contributed by atoms with Gasteiger partial charge in [0, 0.05) is 25.7 Å². The lowest BCUT2D eigenvalue weighted by Crippen LogP contribution is -2.27. The van der Waals surface area contributed by atoms with Gasteiger partial charge in [0.15, 0.2) is 0 Å². The zero-order valence-electron chi connectivity index (χ0n) is 12.6. The summed E-state index contributed by atoms with van der Waals surface area (Å²) in [5.74, 6) is 0.546. The SMILES string of the molecule is CC(C)Nc1cc(C(=O)N(C)Cc2ccccc2)ncn1. The molecule has 0 atom stereocenters. The zero-order chi connectivity index (χ0) is 15.2. The Hall–Kier alpha value is -2.43. The second kappa shape index (κ2) is 6.83. The van der Waals surface area contributed by atoms with Gasteiger partial charge in [0.1, 0.15) is 17.8 Å². The molecule has 2 rings (SSSR count). The summed E-state index contributed by atoms with van der Waals surface area (Å²) >= 11 is 0. The topological polar surface area (TPSA) is 58.1 Å². The van der Waals surface area contributed by atoms with Gasteiger partial charge in [0.05, 0.1) is 0 Å². The van der Waals surface area contributed by atoms with E-state index in [1.54, 1.807) is 18.0 Å². The number of hydrogen-bond acceptors (Lipinski definition) is 4. The van der Waals surface area contributed by atoms with Crippen LogP contribution in [0.15, 0.2) is 42.7 Å². The lowest BCUT2D eigenvalue weighted by molar-refractivity contribution is 0.0779. The van der Waals surface area contributed by atoms with Crippen LogP contribution < -0.4 is 5.32 Å². The summed E-state index contributed by atoms with van der Waals surface area (Å²) in [6.45, 7) is 4.59. The van der Waals surface area contributed by atoms with Gasteiger partial charge in [-0.05, 0) is 19.4 Å². The molecule has 1 aromatic carbocycles. The Morgan fingerprint density at radius 3 is 2.62 bits per heavy atom. The summed E-state index contributed by atoms with van der Waals surface area (Å²) in [6, 6.07) is 11.8. The summed E-state index contributed by atoms with van der Waals surface area (Å²) in [5, 5.41) is 3.17. The predicted octanol–water partition coefficient (Wildman–Crippen LogP) is 2.57. The third-order valence-electron chi connectivity index (χ3n) is 2.93. The Balaban J connectivity index is 2.08. The van der Waals surface area contributed by atoms with Gasteiger partial charge in [0.2, 0.25) is 0 Å². The second-order valence-electron chi connectivity index (χ2n) is 5.23. The van der Waals surface area contributed by atoms with Crippen LogP contribution in [-0.4, -0.2) is 33.9 Å². The first kappa shape index (κ1) is 15.0. The Kier molecular flexibility index (Phi) is 4.87. The molecule has 0 spiro atoms. The van der Waals surface area contributed by atoms with Crippen LogP contribution in [0.25, 0.3) is 0 Å². The molecule has 5 nitrogen and oxygen atoms in total. The molecule has 110 valence electrons. The summed E-state index contributed by atoms with van der Waals surface area (Å²) in [4.78, 5) is 22.2. The number of nitrogens with zero attached hydrogens (tertiary/aromatic N) is 3. The number of carbonyl (C=O) groups excluding carboxylic acids is 1. The van der Waals surface area contributed by atoms with E-state index in [4.69, 9.17) is 0 Å². The molecule has 0 bridgehead atoms. The number of rotatable bonds is 5. The molecule has 0 aliphatic rings. The van der Waals surface area contributed by atoms with Crippen molar-refractivity contribution in [3.8, 4) is 0 Å². The quantitative estimate of drug-likeness (QED) is 0.916. The smallest absolute Gasteiger partial charge is 0.272 e. The van der Waals surface area contributed by atoms with Crippen molar-refractivity contribution in [3.05, 3.63) is 54.0 Å². The average molecular weight is 284 g/mol. The second-order valence-corrected chi connectivity index (χ2v) is 5.23. The van der Waals surface area contributed by atoms with Crippen molar-refractivity contribution in [2.45, 2.75) is 26.4 Å². The molecule has 1 amide bonds. The molecule has 1 aromatic heterocycles. The molecule has 1 heterocycles. The summed E-state index contributed by atoms with van der Waals surface area (Å²) in [5.41, 5.74) is 1.48. The first-order chi connectivity index (χ1) is 10.1. The highest BCUT2D eigenvalue weighted by molar-refractivity contribution is 5.92. The normalized spacial score (nSPS) is 10.5. The number of hydrogen-bond donors (Lipinski definition) is 1. The first-order valence-corrected chi connectivity index (χ1v) is 6.94. The molecule has 0 aliphatic heterocycles. The molecular formula is C16H20N4O. The van der Waals surface area contributed by atoms with Crippen molar-refractivity contribution in [1.29, 1.82) is 0 Å². The highest BCUT2D eigenvalue weighted by Crippen LogP contribution is 2.10. The van der Waals surface area contributed by atoms with E-state index in [-0.39, 0.29) is 11.9 Å². The van der Waals surface area contributed by atoms with Gasteiger partial charge >= 0.3 is 0 Å². The van der Waals surface area contributed by atoms with Crippen molar-refractivity contribution in [3.63, 3.8) is 0 Å². The molecule has 0 saturated carbocycles. The zero-order valence-corrected chi connectivity index (χ0v) is 12.6. The molecule has 5 heteroatoms. The molecule has 0 aliphatic carbocycles. The van der Waals surface area contributed by atoms with Gasteiger partial charge in [0.25, 0.3) is 5.91 Å². The number of nitrogens with one attached hydrogen (secondary N) is 1. The Morgan fingerprint density at radius 2 is 1.95 bits per heavy atom. The number of aromatic nitrogens is 2. The minimum absolute atomic E-state index is 0.118. The van der Waals surface area contributed by atoms with Crippen molar-refractivity contribution in [2.24, 2.45) is 0 Å². The van der Waals surface area contributed by atoms with Crippen molar-refractivity contribution in [2.75, 3.05) is 12.4 Å². The number of benzene rings is 1. The Bertz CT molecular complexity index is 598. The first-order valence-electron chi connectivity index (χ1n) is 6.94. The average Bonchev–Trinajstić information content (AvgIpc) is 2.47. The van der Waals surface area contributed by atoms with E-state index in [2.05, 4.69) is 15.3 Å². The van der Waals surface area contributed by atoms with Gasteiger partial charge in [-0.3, -0.25) is 4.79 Å². The van der Waals surface area contributed by atoms with E-state index >= 15 is 0 Å². The molecule has 1 N–H and O–H groups in total. The van der Waals surface area contributed by atoms with Crippen LogP contribution in [0.5, 0.6) is 0 Å². The van der Waals surface area contributed by atoms with Gasteiger partial charge in [-0.2, -0.15) is 0 Å². The summed E-state index contributed by atoms with van der Waals surface area (Å²) in [7, 11) is 1.77. The van der Waals surface area contributed by atoms with Gasteiger partial charge in [-0.1, -0.05) is 30.3 Å². The maximum absolute atomic E-state index is 12.4. The Morgan fingerprint density at radius 1 is 1.24 bits per heavy atom.